The lowest BCUT2D eigenvalue weighted by atomic mass is 10.1. The second-order valence-electron chi connectivity index (χ2n) is 7.71. The molecule has 1 unspecified atom stereocenters. The first kappa shape index (κ1) is 22.1. The van der Waals surface area contributed by atoms with Gasteiger partial charge in [0.2, 0.25) is 0 Å². The van der Waals surface area contributed by atoms with E-state index >= 15 is 0 Å². The Balaban J connectivity index is 1.88. The fraction of sp³-hybridized carbons (Fsp3) is 0.160. The molecular weight excluding hydrogens is 445 g/mol. The van der Waals surface area contributed by atoms with E-state index in [1.165, 1.54) is 0 Å². The molecule has 0 fully saturated rings. The summed E-state index contributed by atoms with van der Waals surface area (Å²) in [5, 5.41) is 1.50. The number of rotatable bonds is 4. The maximum atomic E-state index is 13.5. The maximum Gasteiger partial charge on any atom is 0.266 e. The number of aryl methyl sites for hydroxylation is 1. The number of halogens is 2. The molecule has 0 aliphatic rings. The van der Waals surface area contributed by atoms with Crippen molar-refractivity contribution in [3.8, 4) is 5.69 Å². The Morgan fingerprint density at radius 3 is 2.25 bits per heavy atom. The first-order valence-electron chi connectivity index (χ1n) is 10.1. The highest BCUT2D eigenvalue weighted by molar-refractivity contribution is 6.31. The van der Waals surface area contributed by atoms with Gasteiger partial charge in [0.25, 0.3) is 11.5 Å². The van der Waals surface area contributed by atoms with E-state index in [1.807, 2.05) is 38.1 Å². The summed E-state index contributed by atoms with van der Waals surface area (Å²) >= 11 is 12.1. The molecule has 0 aliphatic heterocycles. The van der Waals surface area contributed by atoms with Crippen LogP contribution in [0.3, 0.4) is 0 Å². The summed E-state index contributed by atoms with van der Waals surface area (Å²) in [5.41, 5.74) is 2.52. The Labute approximate surface area is 195 Å². The molecule has 1 heterocycles. The summed E-state index contributed by atoms with van der Waals surface area (Å²) in [6, 6.07) is 18.8. The molecule has 0 saturated carbocycles. The largest absolute Gasteiger partial charge is 0.332 e. The predicted molar refractivity (Wildman–Crippen MR) is 129 cm³/mol. The van der Waals surface area contributed by atoms with Crippen LogP contribution in [-0.4, -0.2) is 27.4 Å². The summed E-state index contributed by atoms with van der Waals surface area (Å²) in [4.78, 5) is 33.0. The Kier molecular flexibility index (Phi) is 6.04. The van der Waals surface area contributed by atoms with Crippen LogP contribution in [0.25, 0.3) is 16.6 Å². The van der Waals surface area contributed by atoms with Gasteiger partial charge in [-0.1, -0.05) is 40.9 Å². The summed E-state index contributed by atoms with van der Waals surface area (Å²) < 4.78 is 1.56. The molecule has 162 valence electrons. The molecule has 0 saturated heterocycles. The predicted octanol–water partition coefficient (Wildman–Crippen LogP) is 5.83. The molecule has 0 radical (unpaired) electrons. The minimum atomic E-state index is -0.504. The molecule has 0 bridgehead atoms. The van der Waals surface area contributed by atoms with E-state index in [4.69, 9.17) is 28.2 Å². The highest BCUT2D eigenvalue weighted by Crippen LogP contribution is 2.25. The first-order chi connectivity index (χ1) is 15.3. The minimum absolute atomic E-state index is 0.204. The average Bonchev–Trinajstić information content (AvgIpc) is 2.78. The highest BCUT2D eigenvalue weighted by atomic mass is 35.5. The van der Waals surface area contributed by atoms with Crippen LogP contribution in [-0.2, 0) is 0 Å². The van der Waals surface area contributed by atoms with Gasteiger partial charge in [0.1, 0.15) is 5.82 Å². The number of carbonyl (C=O) groups excluding carboxylic acids is 1. The summed E-state index contributed by atoms with van der Waals surface area (Å²) in [6.45, 7) is 3.83. The van der Waals surface area contributed by atoms with Crippen LogP contribution >= 0.6 is 23.2 Å². The lowest BCUT2D eigenvalue weighted by Crippen LogP contribution is -2.34. The van der Waals surface area contributed by atoms with E-state index < -0.39 is 6.04 Å². The first-order valence-corrected chi connectivity index (χ1v) is 10.8. The summed E-state index contributed by atoms with van der Waals surface area (Å²) in [7, 11) is 1.69. The van der Waals surface area contributed by atoms with Gasteiger partial charge in [-0.3, -0.25) is 14.2 Å². The van der Waals surface area contributed by atoms with Crippen molar-refractivity contribution in [2.75, 3.05) is 7.05 Å². The van der Waals surface area contributed by atoms with Crippen LogP contribution in [0.15, 0.2) is 71.5 Å². The van der Waals surface area contributed by atoms with Crippen LogP contribution in [0.4, 0.5) is 0 Å². The molecular formula is C25H21Cl2N3O2. The van der Waals surface area contributed by atoms with E-state index in [9.17, 15) is 9.59 Å². The van der Waals surface area contributed by atoms with Crippen molar-refractivity contribution < 1.29 is 4.79 Å². The van der Waals surface area contributed by atoms with E-state index in [0.29, 0.717) is 38.0 Å². The molecule has 1 aromatic heterocycles. The van der Waals surface area contributed by atoms with Gasteiger partial charge < -0.3 is 4.90 Å². The molecule has 5 nitrogen and oxygen atoms in total. The molecule has 4 aromatic rings. The van der Waals surface area contributed by atoms with Crippen molar-refractivity contribution >= 4 is 40.0 Å². The number of benzene rings is 3. The third kappa shape index (κ3) is 4.14. The van der Waals surface area contributed by atoms with Crippen molar-refractivity contribution in [1.82, 2.24) is 14.5 Å². The highest BCUT2D eigenvalue weighted by Gasteiger charge is 2.25. The Hall–Kier alpha value is -3.15. The van der Waals surface area contributed by atoms with Gasteiger partial charge in [-0.2, -0.15) is 0 Å². The third-order valence-corrected chi connectivity index (χ3v) is 6.00. The monoisotopic (exact) mass is 465 g/mol. The lowest BCUT2D eigenvalue weighted by molar-refractivity contribution is 0.0735. The maximum absolute atomic E-state index is 13.5. The van der Waals surface area contributed by atoms with E-state index in [2.05, 4.69) is 0 Å². The number of fused-ring (bicyclic) bond motifs is 1. The molecule has 32 heavy (non-hydrogen) atoms. The van der Waals surface area contributed by atoms with Crippen LogP contribution in [0.2, 0.25) is 10.0 Å². The van der Waals surface area contributed by atoms with Crippen molar-refractivity contribution in [2.24, 2.45) is 0 Å². The van der Waals surface area contributed by atoms with Gasteiger partial charge in [-0.25, -0.2) is 4.98 Å². The van der Waals surface area contributed by atoms with Crippen LogP contribution in [0.1, 0.15) is 34.7 Å². The number of nitrogens with zero attached hydrogens (tertiary/aromatic N) is 3. The van der Waals surface area contributed by atoms with Crippen LogP contribution in [0.5, 0.6) is 0 Å². The summed E-state index contributed by atoms with van der Waals surface area (Å²) in [6.07, 6.45) is 0. The standard InChI is InChI=1S/C25H21Cl2N3O2/c1-15-4-11-20(12-5-15)30-23(28-22-14-19(27)10-13-21(22)25(30)32)16(2)29(3)24(31)17-6-8-18(26)9-7-17/h4-14,16H,1-3H3. The molecule has 3 aromatic carbocycles. The fourth-order valence-electron chi connectivity index (χ4n) is 3.54. The number of aromatic nitrogens is 2. The third-order valence-electron chi connectivity index (χ3n) is 5.52. The lowest BCUT2D eigenvalue weighted by Gasteiger charge is -2.27. The summed E-state index contributed by atoms with van der Waals surface area (Å²) in [5.74, 6) is 0.239. The Morgan fingerprint density at radius 1 is 0.969 bits per heavy atom. The van der Waals surface area contributed by atoms with E-state index in [-0.39, 0.29) is 11.5 Å². The second kappa shape index (κ2) is 8.77. The number of hydrogen-bond acceptors (Lipinski definition) is 3. The van der Waals surface area contributed by atoms with Crippen LogP contribution in [0, 0.1) is 6.92 Å². The van der Waals surface area contributed by atoms with Crippen LogP contribution < -0.4 is 5.56 Å². The van der Waals surface area contributed by atoms with Gasteiger partial charge >= 0.3 is 0 Å². The molecule has 0 aliphatic carbocycles. The van der Waals surface area contributed by atoms with Gasteiger partial charge in [-0.05, 0) is 68.4 Å². The van der Waals surface area contributed by atoms with Gasteiger partial charge in [-0.15, -0.1) is 0 Å². The number of carbonyl (C=O) groups is 1. The Bertz CT molecular complexity index is 1360. The molecule has 1 amide bonds. The fourth-order valence-corrected chi connectivity index (χ4v) is 3.84. The topological polar surface area (TPSA) is 55.2 Å². The van der Waals surface area contributed by atoms with Crippen molar-refractivity contribution in [2.45, 2.75) is 19.9 Å². The normalized spacial score (nSPS) is 12.0. The molecule has 0 spiro atoms. The van der Waals surface area contributed by atoms with Crippen molar-refractivity contribution in [3.63, 3.8) is 0 Å². The van der Waals surface area contributed by atoms with Crippen molar-refractivity contribution in [3.05, 3.63) is 104 Å². The average molecular weight is 466 g/mol. The molecule has 4 rings (SSSR count). The van der Waals surface area contributed by atoms with Gasteiger partial charge in [0.05, 0.1) is 22.6 Å². The van der Waals surface area contributed by atoms with Gasteiger partial charge in [0, 0.05) is 22.7 Å². The molecule has 7 heteroatoms. The zero-order valence-electron chi connectivity index (χ0n) is 17.8. The SMILES string of the molecule is Cc1ccc(-n2c(C(C)N(C)C(=O)c3ccc(Cl)cc3)nc3cc(Cl)ccc3c2=O)cc1. The van der Waals surface area contributed by atoms with E-state index in [0.717, 1.165) is 5.56 Å². The van der Waals surface area contributed by atoms with Gasteiger partial charge in [0.15, 0.2) is 0 Å². The Morgan fingerprint density at radius 2 is 1.59 bits per heavy atom. The zero-order valence-corrected chi connectivity index (χ0v) is 19.4. The van der Waals surface area contributed by atoms with Crippen molar-refractivity contribution in [1.29, 1.82) is 0 Å². The second-order valence-corrected chi connectivity index (χ2v) is 8.58. The smallest absolute Gasteiger partial charge is 0.266 e. The zero-order chi connectivity index (χ0) is 23.0. The molecule has 0 N–H and O–H groups in total. The minimum Gasteiger partial charge on any atom is -0.332 e. The number of amides is 1. The number of hydrogen-bond donors (Lipinski definition) is 0. The van der Waals surface area contributed by atoms with E-state index in [1.54, 1.807) is 59.0 Å². The molecule has 1 atom stereocenters. The quantitative estimate of drug-likeness (QED) is 0.380.